The summed E-state index contributed by atoms with van der Waals surface area (Å²) in [4.78, 5) is 11.8. The molecular formula is C14H10F2N4O. The van der Waals surface area contributed by atoms with Gasteiger partial charge >= 0.3 is 6.03 Å². The van der Waals surface area contributed by atoms with Gasteiger partial charge in [-0.15, -0.1) is 0 Å². The molecule has 0 unspecified atom stereocenters. The number of urea groups is 1. The molecule has 0 saturated carbocycles. The van der Waals surface area contributed by atoms with Gasteiger partial charge in [-0.1, -0.05) is 18.2 Å². The molecule has 1 heterocycles. The fourth-order valence-electron chi connectivity index (χ4n) is 1.93. The highest BCUT2D eigenvalue weighted by Gasteiger charge is 2.13. The first-order valence-corrected chi connectivity index (χ1v) is 6.10. The zero-order valence-electron chi connectivity index (χ0n) is 10.7. The van der Waals surface area contributed by atoms with E-state index >= 15 is 0 Å². The number of amides is 2. The number of fused-ring (bicyclic) bond motifs is 1. The van der Waals surface area contributed by atoms with Gasteiger partial charge < -0.3 is 5.32 Å². The number of aromatic nitrogens is 2. The highest BCUT2D eigenvalue weighted by atomic mass is 19.1. The molecule has 2 amide bonds. The van der Waals surface area contributed by atoms with Crippen LogP contribution in [0.15, 0.2) is 42.5 Å². The maximum absolute atomic E-state index is 13.4. The van der Waals surface area contributed by atoms with E-state index in [1.807, 2.05) is 6.07 Å². The molecule has 3 N–H and O–H groups in total. The smallest absolute Gasteiger partial charge is 0.303 e. The first kappa shape index (κ1) is 13.0. The number of hydrogen-bond donors (Lipinski definition) is 3. The maximum atomic E-state index is 13.4. The van der Waals surface area contributed by atoms with Crippen LogP contribution in [0, 0.1) is 11.6 Å². The predicted octanol–water partition coefficient (Wildman–Crippen LogP) is 3.49. The minimum absolute atomic E-state index is 0.278. The second-order valence-electron chi connectivity index (χ2n) is 4.29. The number of nitrogens with zero attached hydrogens (tertiary/aromatic N) is 1. The van der Waals surface area contributed by atoms with Gasteiger partial charge in [0.2, 0.25) is 0 Å². The number of hydrogen-bond acceptors (Lipinski definition) is 2. The minimum Gasteiger partial charge on any atom is -0.303 e. The van der Waals surface area contributed by atoms with Gasteiger partial charge in [-0.05, 0) is 24.3 Å². The Bertz CT molecular complexity index is 795. The normalized spacial score (nSPS) is 10.6. The Morgan fingerprint density at radius 3 is 2.48 bits per heavy atom. The summed E-state index contributed by atoms with van der Waals surface area (Å²) in [5.41, 5.74) is 0.236. The van der Waals surface area contributed by atoms with Crippen molar-refractivity contribution in [2.75, 3.05) is 10.6 Å². The van der Waals surface area contributed by atoms with E-state index in [-0.39, 0.29) is 5.82 Å². The van der Waals surface area contributed by atoms with Crippen LogP contribution < -0.4 is 10.6 Å². The SMILES string of the molecule is O=C(Nc1c(F)cccc1F)Nc1n[nH]c2ccccc12. The lowest BCUT2D eigenvalue weighted by atomic mass is 10.2. The van der Waals surface area contributed by atoms with E-state index in [1.54, 1.807) is 18.2 Å². The third kappa shape index (κ3) is 2.53. The molecule has 0 aliphatic carbocycles. The number of benzene rings is 2. The summed E-state index contributed by atoms with van der Waals surface area (Å²) >= 11 is 0. The second-order valence-corrected chi connectivity index (χ2v) is 4.29. The van der Waals surface area contributed by atoms with Crippen molar-refractivity contribution in [3.63, 3.8) is 0 Å². The number of anilines is 2. The quantitative estimate of drug-likeness (QED) is 0.675. The number of para-hydroxylation sites is 2. The number of H-pyrrole nitrogens is 1. The summed E-state index contributed by atoms with van der Waals surface area (Å²) in [5.74, 6) is -1.42. The van der Waals surface area contributed by atoms with Gasteiger partial charge in [0, 0.05) is 5.39 Å². The Labute approximate surface area is 118 Å². The summed E-state index contributed by atoms with van der Waals surface area (Å²) in [6.07, 6.45) is 0. The standard InChI is InChI=1S/C14H10F2N4O/c15-9-5-3-6-10(16)12(9)17-14(21)18-13-8-4-1-2-7-11(8)19-20-13/h1-7H,(H3,17,18,19,20,21). The van der Waals surface area contributed by atoms with Crippen LogP contribution in [0.25, 0.3) is 10.9 Å². The van der Waals surface area contributed by atoms with Crippen molar-refractivity contribution >= 4 is 28.4 Å². The van der Waals surface area contributed by atoms with E-state index in [0.29, 0.717) is 5.39 Å². The molecule has 3 rings (SSSR count). The van der Waals surface area contributed by atoms with Gasteiger partial charge in [-0.2, -0.15) is 5.10 Å². The molecule has 0 bridgehead atoms. The second kappa shape index (κ2) is 5.20. The van der Waals surface area contributed by atoms with Gasteiger partial charge in [-0.25, -0.2) is 13.6 Å². The summed E-state index contributed by atoms with van der Waals surface area (Å²) < 4.78 is 26.9. The Morgan fingerprint density at radius 1 is 1.00 bits per heavy atom. The topological polar surface area (TPSA) is 69.8 Å². The van der Waals surface area contributed by atoms with Crippen molar-refractivity contribution in [2.24, 2.45) is 0 Å². The van der Waals surface area contributed by atoms with Gasteiger partial charge in [-0.3, -0.25) is 10.4 Å². The van der Waals surface area contributed by atoms with Crippen molar-refractivity contribution in [1.82, 2.24) is 10.2 Å². The van der Waals surface area contributed by atoms with Gasteiger partial charge in [0.15, 0.2) is 5.82 Å². The molecular weight excluding hydrogens is 278 g/mol. The lowest BCUT2D eigenvalue weighted by Crippen LogP contribution is -2.21. The lowest BCUT2D eigenvalue weighted by Gasteiger charge is -2.07. The number of carbonyl (C=O) groups is 1. The van der Waals surface area contributed by atoms with Crippen LogP contribution in [-0.2, 0) is 0 Å². The van der Waals surface area contributed by atoms with E-state index in [4.69, 9.17) is 0 Å². The first-order chi connectivity index (χ1) is 10.1. The third-order valence-electron chi connectivity index (χ3n) is 2.90. The molecule has 0 aliphatic rings. The fourth-order valence-corrected chi connectivity index (χ4v) is 1.93. The Kier molecular flexibility index (Phi) is 3.23. The zero-order chi connectivity index (χ0) is 14.8. The van der Waals surface area contributed by atoms with E-state index in [1.165, 1.54) is 6.07 Å². The van der Waals surface area contributed by atoms with Crippen molar-refractivity contribution in [1.29, 1.82) is 0 Å². The molecule has 0 radical (unpaired) electrons. The summed E-state index contributed by atoms with van der Waals surface area (Å²) in [5, 5.41) is 11.9. The summed E-state index contributed by atoms with van der Waals surface area (Å²) in [7, 11) is 0. The largest absolute Gasteiger partial charge is 0.325 e. The molecule has 2 aromatic carbocycles. The third-order valence-corrected chi connectivity index (χ3v) is 2.90. The Hall–Kier alpha value is -2.96. The highest BCUT2D eigenvalue weighted by Crippen LogP contribution is 2.21. The molecule has 0 saturated heterocycles. The minimum atomic E-state index is -0.850. The van der Waals surface area contributed by atoms with Crippen molar-refractivity contribution < 1.29 is 13.6 Å². The van der Waals surface area contributed by atoms with Gasteiger partial charge in [0.1, 0.15) is 17.3 Å². The molecule has 0 atom stereocenters. The van der Waals surface area contributed by atoms with Crippen LogP contribution in [0.2, 0.25) is 0 Å². The number of carbonyl (C=O) groups excluding carboxylic acids is 1. The molecule has 5 nitrogen and oxygen atoms in total. The fraction of sp³-hybridized carbons (Fsp3) is 0. The lowest BCUT2D eigenvalue weighted by molar-refractivity contribution is 0.262. The van der Waals surface area contributed by atoms with Crippen LogP contribution in [-0.4, -0.2) is 16.2 Å². The number of rotatable bonds is 2. The van der Waals surface area contributed by atoms with Crippen LogP contribution in [0.4, 0.5) is 25.1 Å². The highest BCUT2D eigenvalue weighted by molar-refractivity contribution is 6.04. The van der Waals surface area contributed by atoms with Crippen molar-refractivity contribution in [3.8, 4) is 0 Å². The maximum Gasteiger partial charge on any atom is 0.325 e. The Balaban J connectivity index is 1.81. The van der Waals surface area contributed by atoms with Crippen molar-refractivity contribution in [3.05, 3.63) is 54.1 Å². The number of aromatic amines is 1. The first-order valence-electron chi connectivity index (χ1n) is 6.10. The molecule has 1 aromatic heterocycles. The molecule has 7 heteroatoms. The van der Waals surface area contributed by atoms with E-state index in [0.717, 1.165) is 17.6 Å². The summed E-state index contributed by atoms with van der Waals surface area (Å²) in [6.45, 7) is 0. The van der Waals surface area contributed by atoms with Crippen LogP contribution in [0.5, 0.6) is 0 Å². The molecule has 106 valence electrons. The van der Waals surface area contributed by atoms with Gasteiger partial charge in [0.25, 0.3) is 0 Å². The molecule has 0 spiro atoms. The zero-order valence-corrected chi connectivity index (χ0v) is 10.7. The summed E-state index contributed by atoms with van der Waals surface area (Å²) in [6, 6.07) is 9.72. The van der Waals surface area contributed by atoms with Gasteiger partial charge in [0.05, 0.1) is 5.52 Å². The van der Waals surface area contributed by atoms with Crippen LogP contribution in [0.3, 0.4) is 0 Å². The average Bonchev–Trinajstić information content (AvgIpc) is 2.87. The monoisotopic (exact) mass is 288 g/mol. The average molecular weight is 288 g/mol. The molecule has 0 aliphatic heterocycles. The predicted molar refractivity (Wildman–Crippen MR) is 75.1 cm³/mol. The molecule has 3 aromatic rings. The van der Waals surface area contributed by atoms with Crippen molar-refractivity contribution in [2.45, 2.75) is 0 Å². The Morgan fingerprint density at radius 2 is 1.71 bits per heavy atom. The van der Waals surface area contributed by atoms with E-state index in [9.17, 15) is 13.6 Å². The number of halogens is 2. The van der Waals surface area contributed by atoms with E-state index in [2.05, 4.69) is 20.8 Å². The molecule has 21 heavy (non-hydrogen) atoms. The van der Waals surface area contributed by atoms with E-state index < -0.39 is 23.4 Å². The molecule has 0 fully saturated rings. The van der Waals surface area contributed by atoms with Crippen LogP contribution in [0.1, 0.15) is 0 Å². The van der Waals surface area contributed by atoms with Crippen LogP contribution >= 0.6 is 0 Å². The number of nitrogens with one attached hydrogen (secondary N) is 3.